The summed E-state index contributed by atoms with van der Waals surface area (Å²) < 4.78 is 0. The van der Waals surface area contributed by atoms with Gasteiger partial charge in [0.15, 0.2) is 0 Å². The molecule has 0 saturated heterocycles. The number of rotatable bonds is 4. The second-order valence-electron chi connectivity index (χ2n) is 4.16. The van der Waals surface area contributed by atoms with Crippen LogP contribution in [0.1, 0.15) is 38.2 Å². The van der Waals surface area contributed by atoms with Crippen LogP contribution in [0, 0.1) is 0 Å². The van der Waals surface area contributed by atoms with Crippen molar-refractivity contribution in [2.45, 2.75) is 25.7 Å². The van der Waals surface area contributed by atoms with Gasteiger partial charge in [0, 0.05) is 5.92 Å². The molecule has 0 aliphatic rings. The Balaban J connectivity index is 0.00000144. The minimum atomic E-state index is 0. The monoisotopic (exact) mass is 234 g/mol. The molecule has 0 saturated carbocycles. The predicted molar refractivity (Wildman–Crippen MR) is 70.7 cm³/mol. The summed E-state index contributed by atoms with van der Waals surface area (Å²) in [4.78, 5) is 0. The maximum atomic E-state index is 2.25. The molecule has 2 aromatic carbocycles. The predicted octanol–water partition coefficient (Wildman–Crippen LogP) is 1.74. The number of hydrogen-bond acceptors (Lipinski definition) is 0. The van der Waals surface area contributed by atoms with Crippen LogP contribution in [-0.4, -0.2) is 0 Å². The van der Waals surface area contributed by atoms with Crippen molar-refractivity contribution in [3.05, 3.63) is 71.8 Å². The topological polar surface area (TPSA) is 0 Å². The van der Waals surface area contributed by atoms with Crippen molar-refractivity contribution in [1.29, 1.82) is 0 Å². The van der Waals surface area contributed by atoms with Crippen LogP contribution in [0.3, 0.4) is 0 Å². The Bertz CT molecular complexity index is 374. The molecule has 0 spiro atoms. The van der Waals surface area contributed by atoms with E-state index in [1.54, 1.807) is 0 Å². The Morgan fingerprint density at radius 2 is 1.24 bits per heavy atom. The fourth-order valence-corrected chi connectivity index (χ4v) is 2.19. The van der Waals surface area contributed by atoms with E-state index in [1.807, 2.05) is 0 Å². The van der Waals surface area contributed by atoms with Gasteiger partial charge in [0.2, 0.25) is 0 Å². The van der Waals surface area contributed by atoms with Crippen molar-refractivity contribution in [2.75, 3.05) is 0 Å². The molecule has 0 amide bonds. The molecule has 0 bridgehead atoms. The molecule has 0 nitrogen and oxygen atoms in total. The van der Waals surface area contributed by atoms with E-state index < -0.39 is 0 Å². The van der Waals surface area contributed by atoms with Gasteiger partial charge in [-0.05, 0) is 17.5 Å². The van der Waals surface area contributed by atoms with Crippen LogP contribution in [-0.2, 0) is 0 Å². The Morgan fingerprint density at radius 3 is 1.59 bits per heavy atom. The summed E-state index contributed by atoms with van der Waals surface area (Å²) in [5.41, 5.74) is 2.85. The van der Waals surface area contributed by atoms with Crippen LogP contribution >= 0.6 is 0 Å². The summed E-state index contributed by atoms with van der Waals surface area (Å²) in [6.07, 6.45) is 2.43. The van der Waals surface area contributed by atoms with E-state index in [9.17, 15) is 0 Å². The van der Waals surface area contributed by atoms with E-state index in [1.165, 1.54) is 24.0 Å². The molecule has 0 aliphatic carbocycles. The molecule has 84 valence electrons. The van der Waals surface area contributed by atoms with Gasteiger partial charge >= 0.3 is 29.6 Å². The third kappa shape index (κ3) is 3.99. The molecule has 0 N–H and O–H groups in total. The first-order chi connectivity index (χ1) is 7.92. The van der Waals surface area contributed by atoms with Gasteiger partial charge in [0.05, 0.1) is 0 Å². The fraction of sp³-hybridized carbons (Fsp3) is 0.250. The average molecular weight is 234 g/mol. The van der Waals surface area contributed by atoms with E-state index in [-0.39, 0.29) is 31.0 Å². The van der Waals surface area contributed by atoms with E-state index in [0.29, 0.717) is 5.92 Å². The van der Waals surface area contributed by atoms with Gasteiger partial charge in [-0.3, -0.25) is 0 Å². The Morgan fingerprint density at radius 1 is 0.824 bits per heavy atom. The van der Waals surface area contributed by atoms with Gasteiger partial charge in [-0.2, -0.15) is 0 Å². The van der Waals surface area contributed by atoms with Crippen molar-refractivity contribution < 1.29 is 31.0 Å². The Labute approximate surface area is 128 Å². The molecule has 0 heterocycles. The van der Waals surface area contributed by atoms with Gasteiger partial charge in [0.1, 0.15) is 0 Å². The van der Waals surface area contributed by atoms with Crippen molar-refractivity contribution >= 4 is 0 Å². The third-order valence-electron chi connectivity index (χ3n) is 2.98. The first-order valence-electron chi connectivity index (χ1n) is 6.01. The summed E-state index contributed by atoms with van der Waals surface area (Å²) in [7, 11) is 0. The molecule has 0 aromatic heterocycles. The molecule has 2 aromatic rings. The molecular formula is C16H19Na. The molecule has 0 unspecified atom stereocenters. The zero-order valence-electron chi connectivity index (χ0n) is 11.8. The maximum Gasteiger partial charge on any atom is 1.00 e. The van der Waals surface area contributed by atoms with Gasteiger partial charge in [-0.1, -0.05) is 74.0 Å². The van der Waals surface area contributed by atoms with Crippen molar-refractivity contribution in [3.8, 4) is 0 Å². The van der Waals surface area contributed by atoms with Gasteiger partial charge < -0.3 is 1.43 Å². The summed E-state index contributed by atoms with van der Waals surface area (Å²) >= 11 is 0. The zero-order chi connectivity index (χ0) is 11.2. The average Bonchev–Trinajstić information content (AvgIpc) is 2.38. The number of hydrogen-bond donors (Lipinski definition) is 0. The van der Waals surface area contributed by atoms with Crippen molar-refractivity contribution in [3.63, 3.8) is 0 Å². The zero-order valence-corrected chi connectivity index (χ0v) is 12.8. The fourth-order valence-electron chi connectivity index (χ4n) is 2.19. The van der Waals surface area contributed by atoms with E-state index in [2.05, 4.69) is 67.6 Å². The minimum Gasteiger partial charge on any atom is -1.00 e. The smallest absolute Gasteiger partial charge is 1.00 e. The van der Waals surface area contributed by atoms with E-state index >= 15 is 0 Å². The molecular weight excluding hydrogens is 215 g/mol. The van der Waals surface area contributed by atoms with Gasteiger partial charge in [-0.25, -0.2) is 0 Å². The summed E-state index contributed by atoms with van der Waals surface area (Å²) in [5, 5.41) is 0. The van der Waals surface area contributed by atoms with Crippen LogP contribution in [0.15, 0.2) is 60.7 Å². The standard InChI is InChI=1S/C16H18.Na.H/c1-2-9-16(14-10-5-3-6-11-14)15-12-7-4-8-13-15;;/h3-8,10-13,16H,2,9H2,1H3;;/q;+1;-1. The van der Waals surface area contributed by atoms with Crippen LogP contribution in [0.4, 0.5) is 0 Å². The number of benzene rings is 2. The van der Waals surface area contributed by atoms with E-state index in [4.69, 9.17) is 0 Å². The summed E-state index contributed by atoms with van der Waals surface area (Å²) in [5.74, 6) is 0.549. The summed E-state index contributed by atoms with van der Waals surface area (Å²) in [6.45, 7) is 2.25. The van der Waals surface area contributed by atoms with E-state index in [0.717, 1.165) is 0 Å². The molecule has 0 atom stereocenters. The molecule has 0 aliphatic heterocycles. The molecule has 17 heavy (non-hydrogen) atoms. The molecule has 1 heteroatoms. The second kappa shape index (κ2) is 7.71. The SMILES string of the molecule is CCCC(c1ccccc1)c1ccccc1.[H-].[Na+]. The largest absolute Gasteiger partial charge is 1.00 e. The van der Waals surface area contributed by atoms with Crippen molar-refractivity contribution in [2.24, 2.45) is 0 Å². The van der Waals surface area contributed by atoms with Crippen molar-refractivity contribution in [1.82, 2.24) is 0 Å². The first-order valence-corrected chi connectivity index (χ1v) is 6.01. The van der Waals surface area contributed by atoms with Crippen LogP contribution in [0.25, 0.3) is 0 Å². The van der Waals surface area contributed by atoms with Gasteiger partial charge in [-0.15, -0.1) is 0 Å². The normalized spacial score (nSPS) is 10.0. The quantitative estimate of drug-likeness (QED) is 0.707. The molecule has 0 radical (unpaired) electrons. The maximum absolute atomic E-state index is 2.25. The second-order valence-corrected chi connectivity index (χ2v) is 4.16. The summed E-state index contributed by atoms with van der Waals surface area (Å²) in [6, 6.07) is 21.6. The molecule has 2 rings (SSSR count). The minimum absolute atomic E-state index is 0. The first kappa shape index (κ1) is 14.5. The molecule has 0 fully saturated rings. The third-order valence-corrected chi connectivity index (χ3v) is 2.98. The van der Waals surface area contributed by atoms with Gasteiger partial charge in [0.25, 0.3) is 0 Å². The Hall–Kier alpha value is -0.560. The van der Waals surface area contributed by atoms with Crippen LogP contribution in [0.2, 0.25) is 0 Å². The van der Waals surface area contributed by atoms with Crippen LogP contribution < -0.4 is 29.6 Å². The Kier molecular flexibility index (Phi) is 6.57. The van der Waals surface area contributed by atoms with Crippen LogP contribution in [0.5, 0.6) is 0 Å².